The molecule has 0 fully saturated rings. The number of aryl methyl sites for hydroxylation is 2. The van der Waals surface area contributed by atoms with Crippen molar-refractivity contribution < 1.29 is 14.6 Å². The maximum absolute atomic E-state index is 12.0. The number of hydrogen-bond acceptors (Lipinski definition) is 7. The Kier molecular flexibility index (Phi) is 4.50. The number of nitrogens with zero attached hydrogens (tertiary/aromatic N) is 4. The third-order valence-corrected chi connectivity index (χ3v) is 6.16. The molecule has 7 nitrogen and oxygen atoms in total. The number of esters is 1. The predicted molar refractivity (Wildman–Crippen MR) is 107 cm³/mol. The summed E-state index contributed by atoms with van der Waals surface area (Å²) in [6.45, 7) is 6.04. The first-order valence-electron chi connectivity index (χ1n) is 8.87. The Labute approximate surface area is 166 Å². The van der Waals surface area contributed by atoms with E-state index >= 15 is 0 Å². The van der Waals surface area contributed by atoms with E-state index in [1.54, 1.807) is 23.5 Å². The number of rotatable bonds is 3. The first-order chi connectivity index (χ1) is 13.4. The molecule has 1 aliphatic heterocycles. The standard InChI is InChI=1S/C20H20N4O3S/c1-10-11(2)28-20-17(10)18(13-5-7-14(25)8-6-13)21-15(9-16(26)27-4)19-23-22-12(3)24(19)20/h5-8,15,25H,9H2,1-4H3/t15-/m0/s1. The van der Waals surface area contributed by atoms with Crippen LogP contribution in [0.1, 0.15) is 45.7 Å². The lowest BCUT2D eigenvalue weighted by molar-refractivity contribution is -0.141. The first-order valence-corrected chi connectivity index (χ1v) is 9.69. The second-order valence-electron chi connectivity index (χ2n) is 6.72. The van der Waals surface area contributed by atoms with E-state index in [0.717, 1.165) is 33.2 Å². The lowest BCUT2D eigenvalue weighted by Crippen LogP contribution is -2.12. The van der Waals surface area contributed by atoms with E-state index in [2.05, 4.69) is 24.0 Å². The Morgan fingerprint density at radius 2 is 1.93 bits per heavy atom. The average Bonchev–Trinajstić information content (AvgIpc) is 3.15. The first kappa shape index (κ1) is 18.4. The molecule has 0 unspecified atom stereocenters. The number of benzene rings is 1. The van der Waals surface area contributed by atoms with Gasteiger partial charge in [0.1, 0.15) is 22.6 Å². The van der Waals surface area contributed by atoms with E-state index < -0.39 is 6.04 Å². The Hall–Kier alpha value is -3.00. The van der Waals surface area contributed by atoms with Crippen LogP contribution in [0.4, 0.5) is 0 Å². The smallest absolute Gasteiger partial charge is 0.308 e. The van der Waals surface area contributed by atoms with Gasteiger partial charge in [0.15, 0.2) is 5.82 Å². The molecule has 2 aromatic heterocycles. The van der Waals surface area contributed by atoms with Crippen LogP contribution in [0, 0.1) is 20.8 Å². The van der Waals surface area contributed by atoms with Crippen molar-refractivity contribution >= 4 is 23.0 Å². The fourth-order valence-electron chi connectivity index (χ4n) is 3.39. The van der Waals surface area contributed by atoms with Gasteiger partial charge in [0.2, 0.25) is 0 Å². The molecule has 1 atom stereocenters. The van der Waals surface area contributed by atoms with Crippen LogP contribution in [0.3, 0.4) is 0 Å². The molecule has 1 aromatic carbocycles. The number of aromatic hydroxyl groups is 1. The van der Waals surface area contributed by atoms with E-state index in [4.69, 9.17) is 9.73 Å². The van der Waals surface area contributed by atoms with Crippen molar-refractivity contribution in [2.75, 3.05) is 7.11 Å². The highest BCUT2D eigenvalue weighted by atomic mass is 32.1. The maximum Gasteiger partial charge on any atom is 0.308 e. The SMILES string of the molecule is COC(=O)C[C@@H]1N=C(c2ccc(O)cc2)c2c(sc(C)c2C)-n2c(C)nnc21. The normalized spacial score (nSPS) is 15.4. The fourth-order valence-corrected chi connectivity index (χ4v) is 4.60. The monoisotopic (exact) mass is 396 g/mol. The summed E-state index contributed by atoms with van der Waals surface area (Å²) in [4.78, 5) is 18.2. The van der Waals surface area contributed by atoms with Gasteiger partial charge < -0.3 is 9.84 Å². The van der Waals surface area contributed by atoms with Crippen LogP contribution in [-0.4, -0.2) is 38.7 Å². The van der Waals surface area contributed by atoms with Gasteiger partial charge in [0.25, 0.3) is 0 Å². The van der Waals surface area contributed by atoms with E-state index in [9.17, 15) is 9.90 Å². The van der Waals surface area contributed by atoms with Crippen molar-refractivity contribution in [3.63, 3.8) is 0 Å². The molecule has 0 amide bonds. The van der Waals surface area contributed by atoms with Crippen LogP contribution in [-0.2, 0) is 9.53 Å². The minimum atomic E-state index is -0.517. The number of aliphatic imine (C=N–C) groups is 1. The largest absolute Gasteiger partial charge is 0.508 e. The Balaban J connectivity index is 2.01. The number of ether oxygens (including phenoxy) is 1. The summed E-state index contributed by atoms with van der Waals surface area (Å²) < 4.78 is 6.87. The number of thiophene rings is 1. The molecule has 1 aliphatic rings. The number of hydrogen-bond donors (Lipinski definition) is 1. The van der Waals surface area contributed by atoms with Crippen LogP contribution >= 0.6 is 11.3 Å². The highest BCUT2D eigenvalue weighted by Crippen LogP contribution is 2.39. The van der Waals surface area contributed by atoms with E-state index in [1.165, 1.54) is 12.0 Å². The Morgan fingerprint density at radius 1 is 1.21 bits per heavy atom. The second kappa shape index (κ2) is 6.87. The molecule has 8 heteroatoms. The van der Waals surface area contributed by atoms with E-state index in [1.807, 2.05) is 23.6 Å². The number of methoxy groups -OCH3 is 1. The van der Waals surface area contributed by atoms with Crippen molar-refractivity contribution in [2.45, 2.75) is 33.2 Å². The summed E-state index contributed by atoms with van der Waals surface area (Å²) >= 11 is 1.66. The van der Waals surface area contributed by atoms with Crippen LogP contribution in [0.15, 0.2) is 29.3 Å². The van der Waals surface area contributed by atoms with Crippen molar-refractivity contribution in [1.82, 2.24) is 14.8 Å². The zero-order valence-electron chi connectivity index (χ0n) is 16.1. The number of aromatic nitrogens is 3. The molecule has 3 aromatic rings. The molecular formula is C20H20N4O3S. The maximum atomic E-state index is 12.0. The minimum absolute atomic E-state index is 0.0726. The molecule has 0 radical (unpaired) electrons. The predicted octanol–water partition coefficient (Wildman–Crippen LogP) is 3.41. The molecular weight excluding hydrogens is 376 g/mol. The van der Waals surface area contributed by atoms with Gasteiger partial charge in [-0.05, 0) is 50.6 Å². The van der Waals surface area contributed by atoms with Gasteiger partial charge in [-0.15, -0.1) is 21.5 Å². The second-order valence-corrected chi connectivity index (χ2v) is 7.93. The van der Waals surface area contributed by atoms with Crippen LogP contribution < -0.4 is 0 Å². The minimum Gasteiger partial charge on any atom is -0.508 e. The summed E-state index contributed by atoms with van der Waals surface area (Å²) in [5.41, 5.74) is 3.77. The van der Waals surface area contributed by atoms with Crippen molar-refractivity contribution in [3.05, 3.63) is 57.5 Å². The molecule has 4 rings (SSSR count). The molecule has 0 saturated carbocycles. The molecule has 0 spiro atoms. The lowest BCUT2D eigenvalue weighted by Gasteiger charge is -2.11. The molecule has 1 N–H and O–H groups in total. The lowest BCUT2D eigenvalue weighted by atomic mass is 9.99. The topological polar surface area (TPSA) is 89.6 Å². The Bertz CT molecular complexity index is 1100. The molecule has 0 bridgehead atoms. The summed E-state index contributed by atoms with van der Waals surface area (Å²) in [6, 6.07) is 6.42. The van der Waals surface area contributed by atoms with Crippen LogP contribution in [0.5, 0.6) is 5.75 Å². The van der Waals surface area contributed by atoms with Gasteiger partial charge in [-0.25, -0.2) is 0 Å². The third kappa shape index (κ3) is 2.90. The number of carbonyl (C=O) groups is 1. The molecule has 0 saturated heterocycles. The average molecular weight is 396 g/mol. The van der Waals surface area contributed by atoms with Crippen molar-refractivity contribution in [2.24, 2.45) is 4.99 Å². The summed E-state index contributed by atoms with van der Waals surface area (Å²) in [5.74, 6) is 1.20. The van der Waals surface area contributed by atoms with Crippen molar-refractivity contribution in [3.8, 4) is 10.8 Å². The van der Waals surface area contributed by atoms with E-state index in [-0.39, 0.29) is 18.1 Å². The van der Waals surface area contributed by atoms with Crippen molar-refractivity contribution in [1.29, 1.82) is 0 Å². The number of carbonyl (C=O) groups excluding carboxylic acids is 1. The highest BCUT2D eigenvalue weighted by Gasteiger charge is 2.32. The summed E-state index contributed by atoms with van der Waals surface area (Å²) in [6.07, 6.45) is 0.0726. The quantitative estimate of drug-likeness (QED) is 0.685. The third-order valence-electron chi connectivity index (χ3n) is 4.97. The van der Waals surface area contributed by atoms with Crippen LogP contribution in [0.25, 0.3) is 5.00 Å². The number of phenols is 1. The molecule has 0 aliphatic carbocycles. The molecule has 144 valence electrons. The zero-order valence-corrected chi connectivity index (χ0v) is 16.9. The molecule has 3 heterocycles. The summed E-state index contributed by atoms with van der Waals surface area (Å²) in [7, 11) is 1.37. The van der Waals surface area contributed by atoms with Gasteiger partial charge in [-0.3, -0.25) is 14.4 Å². The van der Waals surface area contributed by atoms with E-state index in [0.29, 0.717) is 5.82 Å². The Morgan fingerprint density at radius 3 is 2.61 bits per heavy atom. The van der Waals surface area contributed by atoms with Gasteiger partial charge in [-0.1, -0.05) is 0 Å². The zero-order chi connectivity index (χ0) is 20.0. The summed E-state index contributed by atoms with van der Waals surface area (Å²) in [5, 5.41) is 19.2. The van der Waals surface area contributed by atoms with Gasteiger partial charge in [0.05, 0.1) is 19.2 Å². The number of fused-ring (bicyclic) bond motifs is 3. The highest BCUT2D eigenvalue weighted by molar-refractivity contribution is 7.15. The van der Waals surface area contributed by atoms with Gasteiger partial charge in [0, 0.05) is 16.0 Å². The fraction of sp³-hybridized carbons (Fsp3) is 0.300. The number of phenolic OH excluding ortho intramolecular Hbond substituents is 1. The van der Waals surface area contributed by atoms with Gasteiger partial charge in [-0.2, -0.15) is 0 Å². The molecule has 28 heavy (non-hydrogen) atoms. The van der Waals surface area contributed by atoms with Gasteiger partial charge >= 0.3 is 5.97 Å². The van der Waals surface area contributed by atoms with Crippen LogP contribution in [0.2, 0.25) is 0 Å².